The molecule has 68 valence electrons. The van der Waals surface area contributed by atoms with E-state index >= 15 is 0 Å². The quantitative estimate of drug-likeness (QED) is 0.631. The first-order valence-electron chi connectivity index (χ1n) is 4.90. The van der Waals surface area contributed by atoms with Crippen LogP contribution in [0.5, 0.6) is 0 Å². The van der Waals surface area contributed by atoms with Crippen molar-refractivity contribution in [1.29, 1.82) is 0 Å². The van der Waals surface area contributed by atoms with Gasteiger partial charge in [-0.05, 0) is 38.1 Å². The lowest BCUT2D eigenvalue weighted by atomic mass is 9.92. The Balaban J connectivity index is 2.34. The maximum absolute atomic E-state index is 5.25. The molecule has 0 radical (unpaired) electrons. The highest BCUT2D eigenvalue weighted by molar-refractivity contribution is 4.90. The predicted molar refractivity (Wildman–Crippen MR) is 52.8 cm³/mol. The van der Waals surface area contributed by atoms with Crippen molar-refractivity contribution in [1.82, 2.24) is 5.32 Å². The molecule has 1 saturated carbocycles. The van der Waals surface area contributed by atoms with Crippen LogP contribution in [0.3, 0.4) is 0 Å². The molecular formula is C11H19N. The van der Waals surface area contributed by atoms with Gasteiger partial charge in [-0.2, -0.15) is 0 Å². The summed E-state index contributed by atoms with van der Waals surface area (Å²) in [7, 11) is 2.06. The SMILES string of the molecule is C#CCCC1CCC(NC)C1C. The number of nitrogens with one attached hydrogen (secondary N) is 1. The van der Waals surface area contributed by atoms with Gasteiger partial charge in [-0.15, -0.1) is 12.3 Å². The van der Waals surface area contributed by atoms with Gasteiger partial charge in [-0.3, -0.25) is 0 Å². The molecule has 1 N–H and O–H groups in total. The van der Waals surface area contributed by atoms with Gasteiger partial charge < -0.3 is 5.32 Å². The lowest BCUT2D eigenvalue weighted by Gasteiger charge is -2.19. The lowest BCUT2D eigenvalue weighted by Crippen LogP contribution is -2.29. The molecule has 0 spiro atoms. The van der Waals surface area contributed by atoms with Crippen LogP contribution in [0.1, 0.15) is 32.6 Å². The topological polar surface area (TPSA) is 12.0 Å². The second kappa shape index (κ2) is 4.52. The second-order valence-electron chi connectivity index (χ2n) is 3.83. The minimum absolute atomic E-state index is 0.729. The van der Waals surface area contributed by atoms with Gasteiger partial charge in [-0.1, -0.05) is 6.92 Å². The van der Waals surface area contributed by atoms with Crippen LogP contribution >= 0.6 is 0 Å². The fraction of sp³-hybridized carbons (Fsp3) is 0.818. The third-order valence-corrected chi connectivity index (χ3v) is 3.26. The summed E-state index contributed by atoms with van der Waals surface area (Å²) in [4.78, 5) is 0. The first-order chi connectivity index (χ1) is 5.79. The van der Waals surface area contributed by atoms with E-state index in [-0.39, 0.29) is 0 Å². The van der Waals surface area contributed by atoms with Gasteiger partial charge in [0.15, 0.2) is 0 Å². The largest absolute Gasteiger partial charge is 0.317 e. The van der Waals surface area contributed by atoms with E-state index in [1.807, 2.05) is 0 Å². The molecule has 1 heteroatoms. The number of terminal acetylenes is 1. The van der Waals surface area contributed by atoms with Crippen molar-refractivity contribution in [3.63, 3.8) is 0 Å². The first kappa shape index (κ1) is 9.61. The monoisotopic (exact) mass is 165 g/mol. The Bertz CT molecular complexity index is 168. The van der Waals surface area contributed by atoms with Crippen molar-refractivity contribution in [3.05, 3.63) is 0 Å². The molecule has 1 aliphatic rings. The molecule has 3 atom stereocenters. The third-order valence-electron chi connectivity index (χ3n) is 3.26. The molecule has 0 amide bonds. The first-order valence-corrected chi connectivity index (χ1v) is 4.90. The molecule has 1 aliphatic carbocycles. The Morgan fingerprint density at radius 1 is 1.50 bits per heavy atom. The highest BCUT2D eigenvalue weighted by atomic mass is 14.9. The highest BCUT2D eigenvalue weighted by Crippen LogP contribution is 2.34. The van der Waals surface area contributed by atoms with Gasteiger partial charge in [0.2, 0.25) is 0 Å². The predicted octanol–water partition coefficient (Wildman–Crippen LogP) is 2.03. The van der Waals surface area contributed by atoms with E-state index in [9.17, 15) is 0 Å². The zero-order chi connectivity index (χ0) is 8.97. The van der Waals surface area contributed by atoms with Crippen molar-refractivity contribution in [3.8, 4) is 12.3 Å². The van der Waals surface area contributed by atoms with Gasteiger partial charge >= 0.3 is 0 Å². The summed E-state index contributed by atoms with van der Waals surface area (Å²) in [6, 6.07) is 0.729. The van der Waals surface area contributed by atoms with Crippen molar-refractivity contribution in [2.45, 2.75) is 38.6 Å². The average molecular weight is 165 g/mol. The van der Waals surface area contributed by atoms with Crippen molar-refractivity contribution in [2.75, 3.05) is 7.05 Å². The van der Waals surface area contributed by atoms with E-state index in [1.54, 1.807) is 0 Å². The van der Waals surface area contributed by atoms with Crippen LogP contribution in [0.15, 0.2) is 0 Å². The Hall–Kier alpha value is -0.480. The Labute approximate surface area is 75.9 Å². The minimum atomic E-state index is 0.729. The zero-order valence-electron chi connectivity index (χ0n) is 8.14. The van der Waals surface area contributed by atoms with Crippen LogP contribution in [-0.4, -0.2) is 13.1 Å². The van der Waals surface area contributed by atoms with Crippen LogP contribution in [0.25, 0.3) is 0 Å². The summed E-state index contributed by atoms with van der Waals surface area (Å²) in [5, 5.41) is 3.37. The summed E-state index contributed by atoms with van der Waals surface area (Å²) >= 11 is 0. The van der Waals surface area contributed by atoms with E-state index in [4.69, 9.17) is 6.42 Å². The molecule has 0 heterocycles. The third kappa shape index (κ3) is 2.01. The maximum Gasteiger partial charge on any atom is 0.00924 e. The Kier molecular flexibility index (Phi) is 3.62. The van der Waals surface area contributed by atoms with E-state index in [2.05, 4.69) is 25.2 Å². The smallest absolute Gasteiger partial charge is 0.00924 e. The van der Waals surface area contributed by atoms with Gasteiger partial charge in [0.25, 0.3) is 0 Å². The number of rotatable bonds is 3. The standard InChI is InChI=1S/C11H19N/c1-4-5-6-10-7-8-11(12-3)9(10)2/h1,9-12H,5-8H2,2-3H3. The fourth-order valence-electron chi connectivity index (χ4n) is 2.33. The summed E-state index contributed by atoms with van der Waals surface area (Å²) in [5.74, 6) is 4.40. The Morgan fingerprint density at radius 3 is 2.75 bits per heavy atom. The zero-order valence-corrected chi connectivity index (χ0v) is 8.14. The summed E-state index contributed by atoms with van der Waals surface area (Å²) in [5.41, 5.74) is 0. The average Bonchev–Trinajstić information content (AvgIpc) is 2.43. The molecule has 0 aromatic carbocycles. The molecule has 12 heavy (non-hydrogen) atoms. The molecule has 0 aliphatic heterocycles. The van der Waals surface area contributed by atoms with E-state index in [1.165, 1.54) is 19.3 Å². The van der Waals surface area contributed by atoms with Gasteiger partial charge in [0, 0.05) is 12.5 Å². The van der Waals surface area contributed by atoms with Crippen molar-refractivity contribution in [2.24, 2.45) is 11.8 Å². The molecule has 1 fully saturated rings. The van der Waals surface area contributed by atoms with Gasteiger partial charge in [0.05, 0.1) is 0 Å². The molecule has 0 aromatic heterocycles. The van der Waals surface area contributed by atoms with Crippen molar-refractivity contribution < 1.29 is 0 Å². The Morgan fingerprint density at radius 2 is 2.25 bits per heavy atom. The fourth-order valence-corrected chi connectivity index (χ4v) is 2.33. The summed E-state index contributed by atoms with van der Waals surface area (Å²) < 4.78 is 0. The van der Waals surface area contributed by atoms with Crippen LogP contribution in [0, 0.1) is 24.2 Å². The van der Waals surface area contributed by atoms with Crippen LogP contribution < -0.4 is 5.32 Å². The highest BCUT2D eigenvalue weighted by Gasteiger charge is 2.30. The normalized spacial score (nSPS) is 34.9. The van der Waals surface area contributed by atoms with Gasteiger partial charge in [0.1, 0.15) is 0 Å². The second-order valence-corrected chi connectivity index (χ2v) is 3.83. The van der Waals surface area contributed by atoms with Crippen LogP contribution in [0.2, 0.25) is 0 Å². The summed E-state index contributed by atoms with van der Waals surface area (Å²) in [6.07, 6.45) is 10.1. The van der Waals surface area contributed by atoms with Crippen LogP contribution in [0.4, 0.5) is 0 Å². The van der Waals surface area contributed by atoms with Crippen molar-refractivity contribution >= 4 is 0 Å². The van der Waals surface area contributed by atoms with E-state index < -0.39 is 0 Å². The molecule has 0 saturated heterocycles. The molecule has 1 rings (SSSR count). The molecule has 3 unspecified atom stereocenters. The number of hydrogen-bond donors (Lipinski definition) is 1. The summed E-state index contributed by atoms with van der Waals surface area (Å²) in [6.45, 7) is 2.34. The molecular weight excluding hydrogens is 146 g/mol. The van der Waals surface area contributed by atoms with E-state index in [0.717, 1.165) is 24.3 Å². The maximum atomic E-state index is 5.25. The molecule has 0 aromatic rings. The lowest BCUT2D eigenvalue weighted by molar-refractivity contribution is 0.351. The number of hydrogen-bond acceptors (Lipinski definition) is 1. The van der Waals surface area contributed by atoms with Crippen LogP contribution in [-0.2, 0) is 0 Å². The van der Waals surface area contributed by atoms with E-state index in [0.29, 0.717) is 0 Å². The molecule has 0 bridgehead atoms. The molecule has 1 nitrogen and oxygen atoms in total. The minimum Gasteiger partial charge on any atom is -0.317 e. The van der Waals surface area contributed by atoms with Gasteiger partial charge in [-0.25, -0.2) is 0 Å².